The molecule has 110 valence electrons. The minimum atomic E-state index is 0.632. The van der Waals surface area contributed by atoms with Crippen molar-refractivity contribution in [3.05, 3.63) is 21.9 Å². The molecule has 19 heavy (non-hydrogen) atoms. The number of rotatable bonds is 10. The number of hydrogen-bond acceptors (Lipinski definition) is 3. The molecule has 0 aliphatic heterocycles. The Morgan fingerprint density at radius 3 is 2.47 bits per heavy atom. The van der Waals surface area contributed by atoms with Crippen LogP contribution in [0.1, 0.15) is 43.9 Å². The van der Waals surface area contributed by atoms with E-state index in [-0.39, 0.29) is 0 Å². The second-order valence-corrected chi connectivity index (χ2v) is 7.84. The Balaban J connectivity index is 2.43. The maximum Gasteiger partial charge on any atom is 0.0206 e. The second kappa shape index (κ2) is 9.84. The Hall–Kier alpha value is 0.01000. The third kappa shape index (κ3) is 7.38. The zero-order valence-corrected chi connectivity index (χ0v) is 14.5. The van der Waals surface area contributed by atoms with E-state index >= 15 is 0 Å². The molecule has 1 aromatic rings. The van der Waals surface area contributed by atoms with Crippen molar-refractivity contribution in [1.82, 2.24) is 5.32 Å². The molecule has 0 saturated heterocycles. The number of thioether (sulfide) groups is 1. The largest absolute Gasteiger partial charge is 0.313 e. The Morgan fingerprint density at radius 1 is 1.16 bits per heavy atom. The number of hydrogen-bond donors (Lipinski definition) is 1. The predicted molar refractivity (Wildman–Crippen MR) is 91.6 cm³/mol. The Morgan fingerprint density at radius 2 is 1.89 bits per heavy atom. The molecule has 1 aromatic heterocycles. The van der Waals surface area contributed by atoms with Crippen molar-refractivity contribution in [2.45, 2.75) is 53.0 Å². The molecule has 1 unspecified atom stereocenters. The zero-order valence-electron chi connectivity index (χ0n) is 12.9. The quantitative estimate of drug-likeness (QED) is 0.677. The molecule has 0 radical (unpaired) electrons. The number of aryl methyl sites for hydroxylation is 1. The third-order valence-electron chi connectivity index (χ3n) is 2.97. The molecule has 0 aliphatic carbocycles. The van der Waals surface area contributed by atoms with E-state index in [4.69, 9.17) is 0 Å². The predicted octanol–water partition coefficient (Wildman–Crippen LogP) is 4.61. The van der Waals surface area contributed by atoms with Gasteiger partial charge < -0.3 is 5.32 Å². The van der Waals surface area contributed by atoms with Crippen LogP contribution in [-0.4, -0.2) is 24.1 Å². The first-order chi connectivity index (χ1) is 9.15. The first-order valence-electron chi connectivity index (χ1n) is 7.54. The fourth-order valence-electron chi connectivity index (χ4n) is 1.95. The van der Waals surface area contributed by atoms with E-state index in [0.29, 0.717) is 6.04 Å². The summed E-state index contributed by atoms with van der Waals surface area (Å²) in [7, 11) is 0. The summed E-state index contributed by atoms with van der Waals surface area (Å²) in [6.07, 6.45) is 3.57. The maximum atomic E-state index is 3.70. The van der Waals surface area contributed by atoms with Crippen LogP contribution < -0.4 is 5.32 Å². The highest BCUT2D eigenvalue weighted by Gasteiger charge is 2.11. The van der Waals surface area contributed by atoms with Gasteiger partial charge in [0.05, 0.1) is 0 Å². The smallest absolute Gasteiger partial charge is 0.0206 e. The van der Waals surface area contributed by atoms with E-state index < -0.39 is 0 Å². The van der Waals surface area contributed by atoms with Crippen LogP contribution in [0.4, 0.5) is 0 Å². The van der Waals surface area contributed by atoms with Crippen molar-refractivity contribution >= 4 is 23.1 Å². The Kier molecular flexibility index (Phi) is 8.84. The van der Waals surface area contributed by atoms with Crippen LogP contribution in [0.3, 0.4) is 0 Å². The van der Waals surface area contributed by atoms with Gasteiger partial charge in [0, 0.05) is 21.5 Å². The highest BCUT2D eigenvalue weighted by molar-refractivity contribution is 7.99. The molecular formula is C16H29NS2. The van der Waals surface area contributed by atoms with Crippen LogP contribution >= 0.6 is 23.1 Å². The maximum absolute atomic E-state index is 3.70. The van der Waals surface area contributed by atoms with Gasteiger partial charge in [-0.05, 0) is 49.6 Å². The Bertz CT molecular complexity index is 333. The summed E-state index contributed by atoms with van der Waals surface area (Å²) in [5.74, 6) is 3.30. The minimum absolute atomic E-state index is 0.632. The van der Waals surface area contributed by atoms with Crippen molar-refractivity contribution in [1.29, 1.82) is 0 Å². The van der Waals surface area contributed by atoms with Crippen LogP contribution in [-0.2, 0) is 12.8 Å². The lowest BCUT2D eigenvalue weighted by molar-refractivity contribution is 0.552. The molecule has 0 aromatic carbocycles. The first-order valence-corrected chi connectivity index (χ1v) is 9.51. The van der Waals surface area contributed by atoms with Crippen LogP contribution in [0.2, 0.25) is 0 Å². The molecule has 1 rings (SSSR count). The number of nitrogens with one attached hydrogen (secondary N) is 1. The molecule has 0 saturated carbocycles. The Labute approximate surface area is 127 Å². The van der Waals surface area contributed by atoms with Gasteiger partial charge in [0.2, 0.25) is 0 Å². The molecular weight excluding hydrogens is 270 g/mol. The normalized spacial score (nSPS) is 13.1. The molecule has 3 heteroatoms. The van der Waals surface area contributed by atoms with Crippen molar-refractivity contribution in [2.75, 3.05) is 18.1 Å². The van der Waals surface area contributed by atoms with E-state index in [0.717, 1.165) is 12.5 Å². The summed E-state index contributed by atoms with van der Waals surface area (Å²) < 4.78 is 0. The fraction of sp³-hybridized carbons (Fsp3) is 0.750. The van der Waals surface area contributed by atoms with Gasteiger partial charge in [-0.1, -0.05) is 27.7 Å². The molecule has 0 amide bonds. The first kappa shape index (κ1) is 17.1. The van der Waals surface area contributed by atoms with Crippen LogP contribution in [0.15, 0.2) is 12.1 Å². The molecule has 0 spiro atoms. The van der Waals surface area contributed by atoms with Gasteiger partial charge in [0.15, 0.2) is 0 Å². The summed E-state index contributed by atoms with van der Waals surface area (Å²) in [6.45, 7) is 10.2. The zero-order chi connectivity index (χ0) is 14.1. The molecule has 0 aliphatic rings. The van der Waals surface area contributed by atoms with Crippen LogP contribution in [0.5, 0.6) is 0 Å². The third-order valence-corrected chi connectivity index (χ3v) is 5.76. The summed E-state index contributed by atoms with van der Waals surface area (Å²) in [6, 6.07) is 5.24. The fourth-order valence-corrected chi connectivity index (χ4v) is 4.11. The summed E-state index contributed by atoms with van der Waals surface area (Å²) >= 11 is 4.08. The van der Waals surface area contributed by atoms with Gasteiger partial charge >= 0.3 is 0 Å². The van der Waals surface area contributed by atoms with Crippen molar-refractivity contribution in [3.63, 3.8) is 0 Å². The molecule has 1 heterocycles. The van der Waals surface area contributed by atoms with E-state index in [2.05, 4.69) is 56.9 Å². The van der Waals surface area contributed by atoms with Gasteiger partial charge in [-0.2, -0.15) is 11.8 Å². The SMILES string of the molecule is CCCNC(CSCC(C)C)Cc1ccc(CC)s1. The van der Waals surface area contributed by atoms with Gasteiger partial charge in [-0.3, -0.25) is 0 Å². The van der Waals surface area contributed by atoms with Crippen molar-refractivity contribution < 1.29 is 0 Å². The molecule has 1 nitrogen and oxygen atoms in total. The van der Waals surface area contributed by atoms with Crippen LogP contribution in [0.25, 0.3) is 0 Å². The summed E-state index contributed by atoms with van der Waals surface area (Å²) in [5, 5.41) is 3.70. The van der Waals surface area contributed by atoms with Gasteiger partial charge in [0.25, 0.3) is 0 Å². The highest BCUT2D eigenvalue weighted by atomic mass is 32.2. The topological polar surface area (TPSA) is 12.0 Å². The molecule has 0 bridgehead atoms. The van der Waals surface area contributed by atoms with Crippen LogP contribution in [0, 0.1) is 5.92 Å². The lowest BCUT2D eigenvalue weighted by Crippen LogP contribution is -2.34. The summed E-state index contributed by atoms with van der Waals surface area (Å²) in [5.41, 5.74) is 0. The lowest BCUT2D eigenvalue weighted by Gasteiger charge is -2.18. The summed E-state index contributed by atoms with van der Waals surface area (Å²) in [4.78, 5) is 3.05. The molecule has 1 atom stereocenters. The van der Waals surface area contributed by atoms with E-state index in [1.54, 1.807) is 0 Å². The van der Waals surface area contributed by atoms with Crippen molar-refractivity contribution in [2.24, 2.45) is 5.92 Å². The molecule has 0 fully saturated rings. The molecule has 1 N–H and O–H groups in total. The average Bonchev–Trinajstić information content (AvgIpc) is 2.83. The lowest BCUT2D eigenvalue weighted by atomic mass is 10.2. The van der Waals surface area contributed by atoms with E-state index in [1.807, 2.05) is 11.3 Å². The van der Waals surface area contributed by atoms with Gasteiger partial charge in [-0.25, -0.2) is 0 Å². The standard InChI is InChI=1S/C16H29NS2/c1-5-9-17-14(12-18-11-13(3)4)10-16-8-7-15(6-2)19-16/h7-8,13-14,17H,5-6,9-12H2,1-4H3. The minimum Gasteiger partial charge on any atom is -0.313 e. The van der Waals surface area contributed by atoms with E-state index in [9.17, 15) is 0 Å². The highest BCUT2D eigenvalue weighted by Crippen LogP contribution is 2.20. The van der Waals surface area contributed by atoms with Gasteiger partial charge in [-0.15, -0.1) is 11.3 Å². The van der Waals surface area contributed by atoms with Gasteiger partial charge in [0.1, 0.15) is 0 Å². The average molecular weight is 300 g/mol. The van der Waals surface area contributed by atoms with Crippen molar-refractivity contribution in [3.8, 4) is 0 Å². The number of thiophene rings is 1. The van der Waals surface area contributed by atoms with E-state index in [1.165, 1.54) is 40.5 Å². The monoisotopic (exact) mass is 299 g/mol. The second-order valence-electron chi connectivity index (χ2n) is 5.51.